The van der Waals surface area contributed by atoms with E-state index in [1.165, 1.54) is 6.26 Å². The highest BCUT2D eigenvalue weighted by atomic mass is 16.3. The summed E-state index contributed by atoms with van der Waals surface area (Å²) in [5.74, 6) is 1.54. The fourth-order valence-electron chi connectivity index (χ4n) is 3.02. The highest BCUT2D eigenvalue weighted by Crippen LogP contribution is 2.26. The molecule has 112 valence electrons. The molecule has 2 aromatic rings. The fourth-order valence-corrected chi connectivity index (χ4v) is 3.02. The number of hydrogen-bond donors (Lipinski definition) is 0. The predicted octanol–water partition coefficient (Wildman–Crippen LogP) is 3.08. The van der Waals surface area contributed by atoms with Crippen molar-refractivity contribution in [2.24, 2.45) is 0 Å². The second-order valence-electron chi connectivity index (χ2n) is 5.91. The molecule has 0 spiro atoms. The van der Waals surface area contributed by atoms with E-state index in [-0.39, 0.29) is 5.91 Å². The Bertz CT molecular complexity index is 601. The van der Waals surface area contributed by atoms with E-state index in [1.54, 1.807) is 12.3 Å². The first-order valence-electron chi connectivity index (χ1n) is 7.51. The molecule has 1 fully saturated rings. The number of hydrogen-bond acceptors (Lipinski definition) is 3. The first-order valence-corrected chi connectivity index (χ1v) is 7.51. The number of carbonyl (C=O) groups excluding carboxylic acids is 1. The van der Waals surface area contributed by atoms with Gasteiger partial charge in [-0.1, -0.05) is 13.8 Å². The second kappa shape index (κ2) is 5.76. The molecule has 1 aliphatic heterocycles. The monoisotopic (exact) mass is 287 g/mol. The van der Waals surface area contributed by atoms with Gasteiger partial charge in [0.05, 0.1) is 17.9 Å². The van der Waals surface area contributed by atoms with Crippen molar-refractivity contribution in [1.29, 1.82) is 0 Å². The minimum absolute atomic E-state index is 0.0552. The molecule has 1 atom stereocenters. The Hall–Kier alpha value is -2.04. The fraction of sp³-hybridized carbons (Fsp3) is 0.500. The predicted molar refractivity (Wildman–Crippen MR) is 79.2 cm³/mol. The number of carbonyl (C=O) groups is 1. The number of imidazole rings is 1. The summed E-state index contributed by atoms with van der Waals surface area (Å²) in [4.78, 5) is 18.8. The van der Waals surface area contributed by atoms with Crippen molar-refractivity contribution in [2.75, 3.05) is 13.1 Å². The van der Waals surface area contributed by atoms with Gasteiger partial charge in [0, 0.05) is 31.4 Å². The molecule has 5 nitrogen and oxygen atoms in total. The van der Waals surface area contributed by atoms with Crippen LogP contribution in [0.2, 0.25) is 0 Å². The van der Waals surface area contributed by atoms with Gasteiger partial charge in [-0.3, -0.25) is 4.79 Å². The molecule has 0 aliphatic carbocycles. The average Bonchev–Trinajstić information content (AvgIpc) is 3.17. The van der Waals surface area contributed by atoms with Crippen LogP contribution in [0.3, 0.4) is 0 Å². The van der Waals surface area contributed by atoms with Gasteiger partial charge in [0.2, 0.25) is 0 Å². The Balaban J connectivity index is 1.77. The summed E-state index contributed by atoms with van der Waals surface area (Å²) >= 11 is 0. The summed E-state index contributed by atoms with van der Waals surface area (Å²) in [7, 11) is 0. The first kappa shape index (κ1) is 13.9. The molecule has 0 radical (unpaired) electrons. The Morgan fingerprint density at radius 2 is 2.33 bits per heavy atom. The van der Waals surface area contributed by atoms with E-state index in [0.29, 0.717) is 17.5 Å². The maximum absolute atomic E-state index is 12.4. The lowest BCUT2D eigenvalue weighted by Gasteiger charge is -2.34. The van der Waals surface area contributed by atoms with E-state index in [2.05, 4.69) is 23.4 Å². The van der Waals surface area contributed by atoms with E-state index in [0.717, 1.165) is 31.8 Å². The van der Waals surface area contributed by atoms with Crippen molar-refractivity contribution in [1.82, 2.24) is 14.5 Å². The van der Waals surface area contributed by atoms with Gasteiger partial charge in [-0.15, -0.1) is 0 Å². The molecule has 3 heterocycles. The van der Waals surface area contributed by atoms with E-state index >= 15 is 0 Å². The third-order valence-corrected chi connectivity index (χ3v) is 4.06. The quantitative estimate of drug-likeness (QED) is 0.871. The Labute approximate surface area is 124 Å². The van der Waals surface area contributed by atoms with E-state index < -0.39 is 0 Å². The zero-order valence-electron chi connectivity index (χ0n) is 12.5. The molecule has 0 bridgehead atoms. The maximum atomic E-state index is 12.4. The highest BCUT2D eigenvalue weighted by Gasteiger charge is 2.27. The van der Waals surface area contributed by atoms with Crippen molar-refractivity contribution in [2.45, 2.75) is 38.6 Å². The topological polar surface area (TPSA) is 51.3 Å². The van der Waals surface area contributed by atoms with Gasteiger partial charge >= 0.3 is 0 Å². The van der Waals surface area contributed by atoms with Crippen LogP contribution >= 0.6 is 0 Å². The van der Waals surface area contributed by atoms with Crippen LogP contribution in [0, 0.1) is 0 Å². The van der Waals surface area contributed by atoms with Crippen molar-refractivity contribution >= 4 is 5.91 Å². The lowest BCUT2D eigenvalue weighted by atomic mass is 10.0. The SMILES string of the molecule is CC(C)c1nccn1[C@H]1CCCN(C(=O)c2ccoc2)C1. The molecule has 2 aromatic heterocycles. The highest BCUT2D eigenvalue weighted by molar-refractivity contribution is 5.93. The molecule has 0 aromatic carbocycles. The minimum Gasteiger partial charge on any atom is -0.472 e. The Morgan fingerprint density at radius 3 is 3.05 bits per heavy atom. The summed E-state index contributed by atoms with van der Waals surface area (Å²) in [6, 6.07) is 2.04. The third kappa shape index (κ3) is 2.73. The molecule has 3 rings (SSSR count). The summed E-state index contributed by atoms with van der Waals surface area (Å²) < 4.78 is 7.25. The number of furan rings is 1. The number of nitrogens with zero attached hydrogens (tertiary/aromatic N) is 3. The number of rotatable bonds is 3. The molecule has 0 saturated carbocycles. The third-order valence-electron chi connectivity index (χ3n) is 4.06. The number of likely N-dealkylation sites (tertiary alicyclic amines) is 1. The van der Waals surface area contributed by atoms with E-state index in [4.69, 9.17) is 4.42 Å². The van der Waals surface area contributed by atoms with Gasteiger partial charge in [0.15, 0.2) is 0 Å². The van der Waals surface area contributed by atoms with Crippen LogP contribution in [-0.2, 0) is 0 Å². The summed E-state index contributed by atoms with van der Waals surface area (Å²) in [5, 5.41) is 0. The Morgan fingerprint density at radius 1 is 1.48 bits per heavy atom. The minimum atomic E-state index is 0.0552. The molecular weight excluding hydrogens is 266 g/mol. The molecular formula is C16H21N3O2. The zero-order chi connectivity index (χ0) is 14.8. The van der Waals surface area contributed by atoms with Crippen molar-refractivity contribution < 1.29 is 9.21 Å². The normalized spacial score (nSPS) is 19.2. The second-order valence-corrected chi connectivity index (χ2v) is 5.91. The van der Waals surface area contributed by atoms with Crippen LogP contribution in [0.5, 0.6) is 0 Å². The van der Waals surface area contributed by atoms with Crippen LogP contribution in [0.1, 0.15) is 54.8 Å². The molecule has 1 saturated heterocycles. The Kier molecular flexibility index (Phi) is 3.82. The number of piperidine rings is 1. The molecule has 0 unspecified atom stereocenters. The van der Waals surface area contributed by atoms with Gasteiger partial charge in [0.1, 0.15) is 12.1 Å². The maximum Gasteiger partial charge on any atom is 0.257 e. The van der Waals surface area contributed by atoms with Crippen LogP contribution in [-0.4, -0.2) is 33.4 Å². The summed E-state index contributed by atoms with van der Waals surface area (Å²) in [6.07, 6.45) is 9.05. The van der Waals surface area contributed by atoms with E-state index in [1.807, 2.05) is 17.3 Å². The average molecular weight is 287 g/mol. The van der Waals surface area contributed by atoms with Crippen molar-refractivity contribution in [3.05, 3.63) is 42.4 Å². The summed E-state index contributed by atoms with van der Waals surface area (Å²) in [5.41, 5.74) is 0.630. The number of aromatic nitrogens is 2. The van der Waals surface area contributed by atoms with Gasteiger partial charge in [-0.25, -0.2) is 4.98 Å². The first-order chi connectivity index (χ1) is 10.2. The molecule has 1 amide bonds. The molecule has 5 heteroatoms. The van der Waals surface area contributed by atoms with Crippen LogP contribution in [0.25, 0.3) is 0 Å². The van der Waals surface area contributed by atoms with Gasteiger partial charge < -0.3 is 13.9 Å². The van der Waals surface area contributed by atoms with Gasteiger partial charge in [-0.05, 0) is 18.9 Å². The lowest BCUT2D eigenvalue weighted by molar-refractivity contribution is 0.0677. The zero-order valence-corrected chi connectivity index (χ0v) is 12.5. The lowest BCUT2D eigenvalue weighted by Crippen LogP contribution is -2.40. The van der Waals surface area contributed by atoms with Crippen LogP contribution < -0.4 is 0 Å². The number of amides is 1. The van der Waals surface area contributed by atoms with Crippen molar-refractivity contribution in [3.63, 3.8) is 0 Å². The largest absolute Gasteiger partial charge is 0.472 e. The van der Waals surface area contributed by atoms with Crippen LogP contribution in [0.4, 0.5) is 0 Å². The molecule has 0 N–H and O–H groups in total. The molecule has 21 heavy (non-hydrogen) atoms. The van der Waals surface area contributed by atoms with E-state index in [9.17, 15) is 4.79 Å². The van der Waals surface area contributed by atoms with Gasteiger partial charge in [0.25, 0.3) is 5.91 Å². The smallest absolute Gasteiger partial charge is 0.257 e. The van der Waals surface area contributed by atoms with Crippen molar-refractivity contribution in [3.8, 4) is 0 Å². The summed E-state index contributed by atoms with van der Waals surface area (Å²) in [6.45, 7) is 5.85. The van der Waals surface area contributed by atoms with Crippen LogP contribution in [0.15, 0.2) is 35.4 Å². The van der Waals surface area contributed by atoms with Gasteiger partial charge in [-0.2, -0.15) is 0 Å². The standard InChI is InChI=1S/C16H21N3O2/c1-12(2)15-17-6-8-19(15)14-4-3-7-18(10-14)16(20)13-5-9-21-11-13/h5-6,8-9,11-12,14H,3-4,7,10H2,1-2H3/t14-/m0/s1. The molecule has 1 aliphatic rings.